The first-order valence-corrected chi connectivity index (χ1v) is 18.6. The monoisotopic (exact) mass is 764 g/mol. The first kappa shape index (κ1) is 45.3. The third-order valence-corrected chi connectivity index (χ3v) is 10.8. The Balaban J connectivity index is 0.000000334. The highest BCUT2D eigenvalue weighted by molar-refractivity contribution is 6.33. The predicted octanol–water partition coefficient (Wildman–Crippen LogP) is 14.4. The molecule has 4 aromatic rings. The maximum Gasteiger partial charge on any atom is 0.119 e. The summed E-state index contributed by atoms with van der Waals surface area (Å²) in [5.74, 6) is 2.38. The quantitative estimate of drug-likeness (QED) is 0.163. The standard InChI is InChI=1S/2C11H15ClO.2C10H13ClO/c1-6(2)10-8(4)11(12)7(3)5-9(10)13;1-4-7(2)9-6-10(12)8(3)5-11(9)13;1-6(2)8-5-9(11)7(3)4-10(8)12;1-4-8-7(3)10(11)6(2)5-9(8)12/h5-6,13H,1-4H3;5-7,13H,4H2,1-3H3;4-6,12H,1-3H3;5,12H,4H2,1-3H3. The van der Waals surface area contributed by atoms with Gasteiger partial charge in [0, 0.05) is 25.7 Å². The molecule has 4 nitrogen and oxygen atoms in total. The number of rotatable bonds is 5. The van der Waals surface area contributed by atoms with E-state index in [1.54, 1.807) is 24.3 Å². The highest BCUT2D eigenvalue weighted by Crippen LogP contribution is 2.36. The molecule has 0 spiro atoms. The molecule has 50 heavy (non-hydrogen) atoms. The zero-order valence-corrected chi connectivity index (χ0v) is 34.9. The van der Waals surface area contributed by atoms with Gasteiger partial charge < -0.3 is 20.4 Å². The molecular formula is C42H56Cl4O4. The molecule has 0 aliphatic carbocycles. The van der Waals surface area contributed by atoms with Crippen LogP contribution in [0.15, 0.2) is 36.4 Å². The SMILES string of the molecule is CCC(C)c1cc(Cl)c(C)cc1O.CCc1c(O)cc(C)c(Cl)c1C.Cc1cc(O)c(C(C)C)c(C)c1Cl.Cc1cc(O)c(C(C)C)cc1Cl. The second-order valence-electron chi connectivity index (χ2n) is 13.5. The number of halogens is 4. The molecule has 4 N–H and O–H groups in total. The Morgan fingerprint density at radius 2 is 0.900 bits per heavy atom. The number of phenols is 4. The lowest BCUT2D eigenvalue weighted by atomic mass is 9.95. The van der Waals surface area contributed by atoms with Crippen molar-refractivity contribution in [3.8, 4) is 23.0 Å². The number of hydrogen-bond acceptors (Lipinski definition) is 4. The van der Waals surface area contributed by atoms with Crippen LogP contribution in [0, 0.1) is 41.5 Å². The van der Waals surface area contributed by atoms with Crippen LogP contribution in [-0.4, -0.2) is 20.4 Å². The zero-order chi connectivity index (χ0) is 38.8. The minimum absolute atomic E-state index is 0.304. The van der Waals surface area contributed by atoms with Crippen molar-refractivity contribution >= 4 is 46.4 Å². The lowest BCUT2D eigenvalue weighted by molar-refractivity contribution is 0.461. The van der Waals surface area contributed by atoms with Crippen molar-refractivity contribution in [2.75, 3.05) is 0 Å². The lowest BCUT2D eigenvalue weighted by Gasteiger charge is -2.14. The summed E-state index contributed by atoms with van der Waals surface area (Å²) in [5.41, 5.74) is 9.45. The van der Waals surface area contributed by atoms with E-state index in [1.165, 1.54) is 0 Å². The first-order chi connectivity index (χ1) is 23.1. The molecule has 0 saturated heterocycles. The maximum absolute atomic E-state index is 9.71. The minimum atomic E-state index is 0.304. The molecule has 4 rings (SSSR count). The summed E-state index contributed by atoms with van der Waals surface area (Å²) in [6.07, 6.45) is 1.82. The van der Waals surface area contributed by atoms with E-state index in [1.807, 2.05) is 88.3 Å². The summed E-state index contributed by atoms with van der Waals surface area (Å²) in [7, 11) is 0. The van der Waals surface area contributed by atoms with Crippen LogP contribution in [-0.2, 0) is 6.42 Å². The van der Waals surface area contributed by atoms with Gasteiger partial charge in [0.15, 0.2) is 0 Å². The molecule has 0 fully saturated rings. The molecule has 4 aromatic carbocycles. The summed E-state index contributed by atoms with van der Waals surface area (Å²) >= 11 is 24.0. The molecule has 0 radical (unpaired) electrons. The summed E-state index contributed by atoms with van der Waals surface area (Å²) in [6.45, 7) is 25.8. The molecule has 0 amide bonds. The maximum atomic E-state index is 9.71. The van der Waals surface area contributed by atoms with Crippen molar-refractivity contribution in [1.82, 2.24) is 0 Å². The molecule has 8 heteroatoms. The van der Waals surface area contributed by atoms with Crippen LogP contribution in [0.4, 0.5) is 0 Å². The van der Waals surface area contributed by atoms with Gasteiger partial charge in [-0.15, -0.1) is 0 Å². The van der Waals surface area contributed by atoms with Crippen molar-refractivity contribution < 1.29 is 20.4 Å². The van der Waals surface area contributed by atoms with Gasteiger partial charge in [0.25, 0.3) is 0 Å². The average Bonchev–Trinajstić information content (AvgIpc) is 3.03. The smallest absolute Gasteiger partial charge is 0.119 e. The van der Waals surface area contributed by atoms with E-state index in [-0.39, 0.29) is 0 Å². The topological polar surface area (TPSA) is 80.9 Å². The first-order valence-electron chi connectivity index (χ1n) is 17.0. The minimum Gasteiger partial charge on any atom is -0.508 e. The fourth-order valence-electron chi connectivity index (χ4n) is 5.54. The van der Waals surface area contributed by atoms with Gasteiger partial charge in [0.1, 0.15) is 23.0 Å². The van der Waals surface area contributed by atoms with Crippen molar-refractivity contribution in [3.63, 3.8) is 0 Å². The number of aryl methyl sites for hydroxylation is 4. The number of benzene rings is 4. The van der Waals surface area contributed by atoms with Crippen LogP contribution in [0.25, 0.3) is 0 Å². The highest BCUT2D eigenvalue weighted by Gasteiger charge is 2.14. The molecule has 0 saturated carbocycles. The van der Waals surface area contributed by atoms with Crippen molar-refractivity contribution in [2.24, 2.45) is 0 Å². The van der Waals surface area contributed by atoms with Crippen molar-refractivity contribution in [3.05, 3.63) is 112 Å². The van der Waals surface area contributed by atoms with Gasteiger partial charge in [-0.05, 0) is 159 Å². The highest BCUT2D eigenvalue weighted by atomic mass is 35.5. The van der Waals surface area contributed by atoms with Crippen molar-refractivity contribution in [2.45, 2.75) is 121 Å². The third kappa shape index (κ3) is 12.2. The lowest BCUT2D eigenvalue weighted by Crippen LogP contribution is -1.95. The van der Waals surface area contributed by atoms with Crippen LogP contribution in [0.1, 0.15) is 128 Å². The second-order valence-corrected chi connectivity index (χ2v) is 15.1. The molecule has 0 aliphatic heterocycles. The van der Waals surface area contributed by atoms with Crippen molar-refractivity contribution in [1.29, 1.82) is 0 Å². The summed E-state index contributed by atoms with van der Waals surface area (Å²) in [5, 5.41) is 41.4. The summed E-state index contributed by atoms with van der Waals surface area (Å²) < 4.78 is 0. The molecule has 0 bridgehead atoms. The zero-order valence-electron chi connectivity index (χ0n) is 31.9. The molecule has 0 heterocycles. The molecule has 0 aliphatic rings. The fourth-order valence-corrected chi connectivity index (χ4v) is 6.21. The van der Waals surface area contributed by atoms with Gasteiger partial charge in [0.05, 0.1) is 0 Å². The van der Waals surface area contributed by atoms with Gasteiger partial charge >= 0.3 is 0 Å². The van der Waals surface area contributed by atoms with E-state index in [0.717, 1.165) is 88.6 Å². The normalized spacial score (nSPS) is 11.3. The van der Waals surface area contributed by atoms with E-state index >= 15 is 0 Å². The van der Waals surface area contributed by atoms with Gasteiger partial charge in [-0.3, -0.25) is 0 Å². The van der Waals surface area contributed by atoms with Gasteiger partial charge in [0.2, 0.25) is 0 Å². The molecule has 1 unspecified atom stereocenters. The number of aromatic hydroxyl groups is 4. The molecule has 276 valence electrons. The second kappa shape index (κ2) is 20.3. The summed E-state index contributed by atoms with van der Waals surface area (Å²) in [4.78, 5) is 0. The summed E-state index contributed by atoms with van der Waals surface area (Å²) in [6, 6.07) is 10.6. The van der Waals surface area contributed by atoms with Crippen LogP contribution in [0.5, 0.6) is 23.0 Å². The van der Waals surface area contributed by atoms with Crippen LogP contribution in [0.3, 0.4) is 0 Å². The predicted molar refractivity (Wildman–Crippen MR) is 217 cm³/mol. The van der Waals surface area contributed by atoms with E-state index in [4.69, 9.17) is 46.4 Å². The molecular weight excluding hydrogens is 710 g/mol. The largest absolute Gasteiger partial charge is 0.508 e. The molecule has 1 atom stereocenters. The Labute approximate surface area is 321 Å². The Morgan fingerprint density at radius 3 is 1.32 bits per heavy atom. The van der Waals surface area contributed by atoms with Gasteiger partial charge in [-0.25, -0.2) is 0 Å². The van der Waals surface area contributed by atoms with Crippen LogP contribution >= 0.6 is 46.4 Å². The Kier molecular flexibility index (Phi) is 18.4. The van der Waals surface area contributed by atoms with Crippen LogP contribution < -0.4 is 0 Å². The fraction of sp³-hybridized carbons (Fsp3) is 0.429. The van der Waals surface area contributed by atoms with Gasteiger partial charge in [-0.2, -0.15) is 0 Å². The average molecular weight is 767 g/mol. The number of phenolic OH excluding ortho intramolecular Hbond substituents is 4. The molecule has 0 aromatic heterocycles. The number of hydrogen-bond donors (Lipinski definition) is 4. The third-order valence-electron chi connectivity index (χ3n) is 8.81. The van der Waals surface area contributed by atoms with E-state index in [2.05, 4.69) is 13.8 Å². The Morgan fingerprint density at radius 1 is 0.500 bits per heavy atom. The van der Waals surface area contributed by atoms with E-state index in [0.29, 0.717) is 40.8 Å². The van der Waals surface area contributed by atoms with E-state index in [9.17, 15) is 20.4 Å². The van der Waals surface area contributed by atoms with E-state index < -0.39 is 0 Å². The van der Waals surface area contributed by atoms with Gasteiger partial charge in [-0.1, -0.05) is 94.9 Å². The Bertz CT molecular complexity index is 1750. The van der Waals surface area contributed by atoms with Crippen LogP contribution in [0.2, 0.25) is 20.1 Å². The Hall–Kier alpha value is -2.76.